The fourth-order valence-corrected chi connectivity index (χ4v) is 8.89. The van der Waals surface area contributed by atoms with E-state index in [1.165, 1.54) is 32.1 Å². The summed E-state index contributed by atoms with van der Waals surface area (Å²) in [5.41, 5.74) is 9.03. The van der Waals surface area contributed by atoms with Gasteiger partial charge in [0.2, 0.25) is 10.0 Å². The lowest BCUT2D eigenvalue weighted by Crippen LogP contribution is -2.32. The fraction of sp³-hybridized carbons (Fsp3) is 0.244. The molecule has 1 atom stereocenters. The van der Waals surface area contributed by atoms with E-state index in [4.69, 9.17) is 19.9 Å². The Bertz CT molecular complexity index is 2390. The van der Waals surface area contributed by atoms with E-state index < -0.39 is 26.7 Å². The molecule has 0 spiro atoms. The van der Waals surface area contributed by atoms with Crippen molar-refractivity contribution in [2.75, 3.05) is 21.3 Å². The summed E-state index contributed by atoms with van der Waals surface area (Å²) in [6, 6.07) is 27.7. The molecule has 0 saturated carbocycles. The van der Waals surface area contributed by atoms with Crippen LogP contribution in [0.25, 0.3) is 22.5 Å². The second kappa shape index (κ2) is 15.8. The van der Waals surface area contributed by atoms with Gasteiger partial charge in [-0.3, -0.25) is 0 Å². The molecule has 1 aliphatic rings. The SMILES string of the molecule is COc1ccc(CN(Cc2ccc(OC)cc2)S(=O)(=O)c2c(C(F)(F)F)ccc(-c3cccc4c3CC(N)C4)c2-c2nnnn2Cc2ccc(OC)cc2)cc1. The summed E-state index contributed by atoms with van der Waals surface area (Å²) in [7, 11) is -0.518. The fourth-order valence-electron chi connectivity index (χ4n) is 7.07. The third-order valence-electron chi connectivity index (χ3n) is 9.86. The van der Waals surface area contributed by atoms with Crippen LogP contribution in [-0.2, 0) is 48.7 Å². The molecule has 0 bridgehead atoms. The molecule has 56 heavy (non-hydrogen) atoms. The number of alkyl halides is 3. The summed E-state index contributed by atoms with van der Waals surface area (Å²) >= 11 is 0. The van der Waals surface area contributed by atoms with E-state index in [0.29, 0.717) is 52.3 Å². The zero-order valence-corrected chi connectivity index (χ0v) is 31.6. The minimum Gasteiger partial charge on any atom is -0.497 e. The highest BCUT2D eigenvalue weighted by Crippen LogP contribution is 2.47. The van der Waals surface area contributed by atoms with E-state index >= 15 is 21.6 Å². The molecule has 290 valence electrons. The van der Waals surface area contributed by atoms with Gasteiger partial charge in [-0.25, -0.2) is 13.1 Å². The van der Waals surface area contributed by atoms with E-state index in [1.54, 1.807) is 84.9 Å². The van der Waals surface area contributed by atoms with Gasteiger partial charge in [0.1, 0.15) is 22.1 Å². The maximum Gasteiger partial charge on any atom is 0.417 e. The van der Waals surface area contributed by atoms with Crippen molar-refractivity contribution in [3.8, 4) is 39.8 Å². The largest absolute Gasteiger partial charge is 0.497 e. The van der Waals surface area contributed by atoms with Crippen molar-refractivity contribution >= 4 is 10.0 Å². The third kappa shape index (κ3) is 7.83. The highest BCUT2D eigenvalue weighted by atomic mass is 32.2. The molecule has 7 rings (SSSR count). The van der Waals surface area contributed by atoms with Gasteiger partial charge in [0.05, 0.1) is 33.4 Å². The van der Waals surface area contributed by atoms with E-state index in [-0.39, 0.29) is 42.6 Å². The average Bonchev–Trinajstić information content (AvgIpc) is 3.82. The van der Waals surface area contributed by atoms with E-state index in [0.717, 1.165) is 21.5 Å². The lowest BCUT2D eigenvalue weighted by Gasteiger charge is -2.27. The van der Waals surface area contributed by atoms with Crippen molar-refractivity contribution in [3.63, 3.8) is 0 Å². The van der Waals surface area contributed by atoms with Crippen LogP contribution in [0.5, 0.6) is 17.2 Å². The number of hydrogen-bond donors (Lipinski definition) is 1. The second-order valence-electron chi connectivity index (χ2n) is 13.5. The van der Waals surface area contributed by atoms with Gasteiger partial charge in [-0.1, -0.05) is 60.7 Å². The first-order chi connectivity index (χ1) is 26.9. The Morgan fingerprint density at radius 3 is 1.84 bits per heavy atom. The maximum absolute atomic E-state index is 15.4. The van der Waals surface area contributed by atoms with Crippen LogP contribution in [0.1, 0.15) is 33.4 Å². The van der Waals surface area contributed by atoms with E-state index in [9.17, 15) is 0 Å². The summed E-state index contributed by atoms with van der Waals surface area (Å²) in [6.07, 6.45) is -4.08. The monoisotopic (exact) mass is 784 g/mol. The number of fused-ring (bicyclic) bond motifs is 1. The van der Waals surface area contributed by atoms with Crippen LogP contribution < -0.4 is 19.9 Å². The van der Waals surface area contributed by atoms with Crippen LogP contribution in [0, 0.1) is 0 Å². The number of ether oxygens (including phenoxy) is 3. The van der Waals surface area contributed by atoms with Crippen molar-refractivity contribution in [1.29, 1.82) is 0 Å². The number of tetrazole rings is 1. The number of methoxy groups -OCH3 is 3. The topological polar surface area (TPSA) is 135 Å². The molecule has 2 N–H and O–H groups in total. The minimum atomic E-state index is -5.10. The molecular weight excluding hydrogens is 746 g/mol. The number of rotatable bonds is 13. The normalized spacial score (nSPS) is 14.2. The molecule has 1 aromatic heterocycles. The number of sulfonamides is 1. The van der Waals surface area contributed by atoms with Gasteiger partial charge in [-0.2, -0.15) is 17.5 Å². The van der Waals surface area contributed by atoms with Crippen molar-refractivity contribution < 1.29 is 35.8 Å². The van der Waals surface area contributed by atoms with Gasteiger partial charge in [-0.05, 0) is 105 Å². The Balaban J connectivity index is 1.49. The van der Waals surface area contributed by atoms with Crippen LogP contribution >= 0.6 is 0 Å². The van der Waals surface area contributed by atoms with Gasteiger partial charge in [-0.15, -0.1) is 5.10 Å². The molecule has 0 aliphatic heterocycles. The molecule has 15 heteroatoms. The standard InChI is InChI=1S/C41H39F3N6O5S/c1-53-31-13-7-26(8-14-31)23-49(24-27-9-15-32(54-2)16-10-27)56(51,52)39-37(41(42,43)44)20-19-35(34-6-4-5-29-21-30(45)22-36(29)34)38(39)40-46-47-48-50(40)25-28-11-17-33(55-3)18-12-28/h4-20,30H,21-25,45H2,1-3H3. The Labute approximate surface area is 322 Å². The molecule has 5 aromatic carbocycles. The first kappa shape index (κ1) is 38.5. The average molecular weight is 785 g/mol. The number of benzene rings is 5. The molecule has 0 saturated heterocycles. The Kier molecular flexibility index (Phi) is 10.8. The third-order valence-corrected chi connectivity index (χ3v) is 11.7. The summed E-state index contributed by atoms with van der Waals surface area (Å²) in [6.45, 7) is -0.530. The molecule has 1 unspecified atom stereocenters. The van der Waals surface area contributed by atoms with Crippen LogP contribution in [0.2, 0.25) is 0 Å². The molecule has 0 radical (unpaired) electrons. The van der Waals surface area contributed by atoms with Crippen LogP contribution in [0.15, 0.2) is 108 Å². The number of nitrogens with two attached hydrogens (primary N) is 1. The van der Waals surface area contributed by atoms with Crippen LogP contribution in [-0.4, -0.2) is 60.3 Å². The molecule has 6 aromatic rings. The van der Waals surface area contributed by atoms with Gasteiger partial charge < -0.3 is 19.9 Å². The Hall–Kier alpha value is -5.77. The Morgan fingerprint density at radius 2 is 1.30 bits per heavy atom. The quantitative estimate of drug-likeness (QED) is 0.133. The number of aromatic nitrogens is 4. The highest BCUT2D eigenvalue weighted by molar-refractivity contribution is 7.89. The predicted octanol–water partition coefficient (Wildman–Crippen LogP) is 6.92. The summed E-state index contributed by atoms with van der Waals surface area (Å²) in [4.78, 5) is -0.963. The number of halogens is 3. The number of hydrogen-bond acceptors (Lipinski definition) is 9. The van der Waals surface area contributed by atoms with Crippen molar-refractivity contribution in [3.05, 3.63) is 137 Å². The van der Waals surface area contributed by atoms with Crippen molar-refractivity contribution in [2.45, 2.75) is 49.6 Å². The zero-order valence-electron chi connectivity index (χ0n) is 30.8. The smallest absolute Gasteiger partial charge is 0.417 e. The Morgan fingerprint density at radius 1 is 0.750 bits per heavy atom. The van der Waals surface area contributed by atoms with Crippen LogP contribution in [0.4, 0.5) is 13.2 Å². The van der Waals surface area contributed by atoms with Crippen molar-refractivity contribution in [2.24, 2.45) is 5.73 Å². The van der Waals surface area contributed by atoms with Crippen LogP contribution in [0.3, 0.4) is 0 Å². The zero-order chi connectivity index (χ0) is 39.6. The molecule has 1 heterocycles. The van der Waals surface area contributed by atoms with Gasteiger partial charge in [0, 0.05) is 24.7 Å². The lowest BCUT2D eigenvalue weighted by atomic mass is 9.91. The van der Waals surface area contributed by atoms with E-state index in [2.05, 4.69) is 15.5 Å². The molecular formula is C41H39F3N6O5S. The summed E-state index contributed by atoms with van der Waals surface area (Å²) in [5.74, 6) is 1.51. The number of nitrogens with zero attached hydrogens (tertiary/aromatic N) is 5. The van der Waals surface area contributed by atoms with E-state index in [1.807, 2.05) is 6.07 Å². The maximum atomic E-state index is 15.4. The summed E-state index contributed by atoms with van der Waals surface area (Å²) < 4.78 is 95.3. The van der Waals surface area contributed by atoms with Crippen molar-refractivity contribution in [1.82, 2.24) is 24.5 Å². The summed E-state index contributed by atoms with van der Waals surface area (Å²) in [5, 5.41) is 12.3. The predicted molar refractivity (Wildman–Crippen MR) is 204 cm³/mol. The molecule has 0 fully saturated rings. The molecule has 11 nitrogen and oxygen atoms in total. The second-order valence-corrected chi connectivity index (χ2v) is 15.3. The first-order valence-corrected chi connectivity index (χ1v) is 19.1. The minimum absolute atomic E-state index is 0.0146. The highest BCUT2D eigenvalue weighted by Gasteiger charge is 2.43. The van der Waals surface area contributed by atoms with Gasteiger partial charge >= 0.3 is 6.18 Å². The first-order valence-electron chi connectivity index (χ1n) is 17.7. The lowest BCUT2D eigenvalue weighted by molar-refractivity contribution is -0.139. The molecule has 1 aliphatic carbocycles. The molecule has 0 amide bonds. The van der Waals surface area contributed by atoms with Gasteiger partial charge in [0.15, 0.2) is 5.82 Å². The van der Waals surface area contributed by atoms with Gasteiger partial charge in [0.25, 0.3) is 0 Å².